The Bertz CT molecular complexity index is 836. The molecule has 1 N–H and O–H groups in total. The molecule has 0 fully saturated rings. The van der Waals surface area contributed by atoms with Crippen LogP contribution >= 0.6 is 11.8 Å². The fourth-order valence-corrected chi connectivity index (χ4v) is 11.1. The topological polar surface area (TPSA) is 68.2 Å². The summed E-state index contributed by atoms with van der Waals surface area (Å²) in [7, 11) is -1.76. The highest BCUT2D eigenvalue weighted by atomic mass is 32.2. The van der Waals surface area contributed by atoms with E-state index in [1.54, 1.807) is 0 Å². The summed E-state index contributed by atoms with van der Waals surface area (Å²) < 4.78 is 19.1. The molecule has 6 nitrogen and oxygen atoms in total. The molecule has 0 spiro atoms. The summed E-state index contributed by atoms with van der Waals surface area (Å²) in [6, 6.07) is 1.24. The highest BCUT2D eigenvalue weighted by Crippen LogP contribution is 2.24. The number of thioether (sulfide) groups is 1. The standard InChI is InChI=1S/C50H103NO5SSi/c1-7-11-15-18-21-22-26-36-46-57-48(38-14-10-4)50(53)55-45-35-25-23-30-40-51(42-32-33-43-52)41-31-28-29-39-49(54-44-34-24-19-16-12-8-2)56-58(5,6)47-37-27-20-17-13-9-3/h48-49,52H,7-47H2,1-6H3. The minimum absolute atomic E-state index is 0.0108. The number of unbranched alkanes of at least 4 members (excludes halogenated alkanes) is 24. The predicted octanol–water partition coefficient (Wildman–Crippen LogP) is 15.4. The number of rotatable bonds is 48. The summed E-state index contributed by atoms with van der Waals surface area (Å²) in [6.07, 6.45) is 40.5. The Balaban J connectivity index is 4.58. The molecule has 0 aromatic heterocycles. The highest BCUT2D eigenvalue weighted by molar-refractivity contribution is 8.00. The quantitative estimate of drug-likeness (QED) is 0.0283. The average Bonchev–Trinajstić information content (AvgIpc) is 3.21. The molecule has 0 aliphatic heterocycles. The normalized spacial score (nSPS) is 13.1. The zero-order valence-corrected chi connectivity index (χ0v) is 41.9. The number of ether oxygens (including phenoxy) is 2. The first-order valence-electron chi connectivity index (χ1n) is 25.7. The lowest BCUT2D eigenvalue weighted by Gasteiger charge is -2.30. The Kier molecular flexibility index (Phi) is 44.8. The van der Waals surface area contributed by atoms with Crippen LogP contribution in [0.3, 0.4) is 0 Å². The van der Waals surface area contributed by atoms with E-state index in [0.29, 0.717) is 6.61 Å². The Morgan fingerprint density at radius 3 is 1.57 bits per heavy atom. The number of hydrogen-bond donors (Lipinski definition) is 1. The number of esters is 1. The van der Waals surface area contributed by atoms with Crippen molar-refractivity contribution in [1.82, 2.24) is 4.90 Å². The van der Waals surface area contributed by atoms with Crippen LogP contribution in [0.25, 0.3) is 0 Å². The molecule has 0 radical (unpaired) electrons. The second-order valence-electron chi connectivity index (χ2n) is 18.1. The lowest BCUT2D eigenvalue weighted by Crippen LogP contribution is -2.37. The first kappa shape index (κ1) is 57.9. The van der Waals surface area contributed by atoms with E-state index in [1.165, 1.54) is 154 Å². The molecule has 0 aliphatic rings. The Hall–Kier alpha value is -0.123. The molecular formula is C50H103NO5SSi. The number of aliphatic hydroxyl groups excluding tert-OH is 1. The highest BCUT2D eigenvalue weighted by Gasteiger charge is 2.27. The van der Waals surface area contributed by atoms with Gasteiger partial charge in [0.2, 0.25) is 0 Å². The van der Waals surface area contributed by atoms with Crippen molar-refractivity contribution in [2.75, 3.05) is 45.2 Å². The minimum Gasteiger partial charge on any atom is -0.465 e. The Labute approximate surface area is 368 Å². The van der Waals surface area contributed by atoms with Gasteiger partial charge >= 0.3 is 5.97 Å². The zero-order valence-electron chi connectivity index (χ0n) is 40.1. The van der Waals surface area contributed by atoms with Crippen molar-refractivity contribution < 1.29 is 23.8 Å². The second-order valence-corrected chi connectivity index (χ2v) is 23.7. The summed E-state index contributed by atoms with van der Waals surface area (Å²) in [6.45, 7) is 18.8. The molecule has 0 aliphatic carbocycles. The average molecular weight is 859 g/mol. The third-order valence-corrected chi connectivity index (χ3v) is 15.5. The van der Waals surface area contributed by atoms with Gasteiger partial charge in [-0.15, -0.1) is 11.8 Å². The smallest absolute Gasteiger partial charge is 0.319 e. The zero-order chi connectivity index (χ0) is 42.6. The van der Waals surface area contributed by atoms with Crippen molar-refractivity contribution in [3.05, 3.63) is 0 Å². The second kappa shape index (κ2) is 44.9. The van der Waals surface area contributed by atoms with E-state index < -0.39 is 8.32 Å². The summed E-state index contributed by atoms with van der Waals surface area (Å²) in [5, 5.41) is 9.43. The van der Waals surface area contributed by atoms with Crippen molar-refractivity contribution in [3.63, 3.8) is 0 Å². The molecule has 8 heteroatoms. The van der Waals surface area contributed by atoms with E-state index in [0.717, 1.165) is 96.2 Å². The first-order chi connectivity index (χ1) is 28.3. The van der Waals surface area contributed by atoms with E-state index in [9.17, 15) is 9.90 Å². The number of hydrogen-bond acceptors (Lipinski definition) is 7. The monoisotopic (exact) mass is 858 g/mol. The Morgan fingerprint density at radius 1 is 0.534 bits per heavy atom. The molecule has 2 unspecified atom stereocenters. The predicted molar refractivity (Wildman–Crippen MR) is 259 cm³/mol. The molecule has 0 saturated carbocycles. The van der Waals surface area contributed by atoms with Crippen LogP contribution in [0.15, 0.2) is 0 Å². The summed E-state index contributed by atoms with van der Waals surface area (Å²) >= 11 is 1.84. The summed E-state index contributed by atoms with van der Waals surface area (Å²) in [5.41, 5.74) is 0. The number of carbonyl (C=O) groups excluding carboxylic acids is 1. The van der Waals surface area contributed by atoms with Gasteiger partial charge in [0.1, 0.15) is 11.5 Å². The fourth-order valence-electron chi connectivity index (χ4n) is 7.80. The molecule has 2 atom stereocenters. The van der Waals surface area contributed by atoms with Gasteiger partial charge in [-0.1, -0.05) is 175 Å². The van der Waals surface area contributed by atoms with Gasteiger partial charge in [0.05, 0.1) is 6.61 Å². The van der Waals surface area contributed by atoms with Crippen molar-refractivity contribution in [2.45, 2.75) is 270 Å². The molecule has 0 saturated heterocycles. The van der Waals surface area contributed by atoms with Crippen LogP contribution in [0.4, 0.5) is 0 Å². The van der Waals surface area contributed by atoms with Crippen LogP contribution in [0.5, 0.6) is 0 Å². The SMILES string of the molecule is CCCCCCCCCCSC(CCCC)C(=O)OCCCCCCN(CCCCO)CCCCCC(OCCCCCCCC)O[Si](C)(C)CCCCCCCC. The maximum absolute atomic E-state index is 13.0. The summed E-state index contributed by atoms with van der Waals surface area (Å²) in [5.74, 6) is 1.10. The van der Waals surface area contributed by atoms with E-state index in [-0.39, 0.29) is 24.1 Å². The number of nitrogens with zero attached hydrogens (tertiary/aromatic N) is 1. The molecule has 58 heavy (non-hydrogen) atoms. The maximum atomic E-state index is 13.0. The lowest BCUT2D eigenvalue weighted by molar-refractivity contribution is -0.143. The molecule has 0 amide bonds. The van der Waals surface area contributed by atoms with Gasteiger partial charge in [0, 0.05) is 13.2 Å². The van der Waals surface area contributed by atoms with Crippen LogP contribution in [-0.2, 0) is 18.7 Å². The molecular weight excluding hydrogens is 755 g/mol. The molecule has 0 rings (SSSR count). The van der Waals surface area contributed by atoms with Crippen molar-refractivity contribution in [2.24, 2.45) is 0 Å². The van der Waals surface area contributed by atoms with Gasteiger partial charge in [-0.25, -0.2) is 0 Å². The van der Waals surface area contributed by atoms with Crippen molar-refractivity contribution in [1.29, 1.82) is 0 Å². The lowest BCUT2D eigenvalue weighted by atomic mass is 10.1. The van der Waals surface area contributed by atoms with E-state index in [2.05, 4.69) is 45.7 Å². The fraction of sp³-hybridized carbons (Fsp3) is 0.980. The van der Waals surface area contributed by atoms with Crippen molar-refractivity contribution >= 4 is 26.0 Å². The molecule has 0 aromatic carbocycles. The maximum Gasteiger partial charge on any atom is 0.319 e. The Morgan fingerprint density at radius 2 is 1.00 bits per heavy atom. The number of aliphatic hydroxyl groups is 1. The third-order valence-electron chi connectivity index (χ3n) is 11.7. The largest absolute Gasteiger partial charge is 0.465 e. The first-order valence-corrected chi connectivity index (χ1v) is 29.9. The summed E-state index contributed by atoms with van der Waals surface area (Å²) in [4.78, 5) is 15.6. The van der Waals surface area contributed by atoms with Gasteiger partial charge in [0.25, 0.3) is 0 Å². The van der Waals surface area contributed by atoms with Crippen LogP contribution in [0.1, 0.15) is 240 Å². The van der Waals surface area contributed by atoms with Gasteiger partial charge in [0.15, 0.2) is 8.32 Å². The minimum atomic E-state index is -1.76. The van der Waals surface area contributed by atoms with E-state index in [1.807, 2.05) is 11.8 Å². The van der Waals surface area contributed by atoms with Crippen molar-refractivity contribution in [3.8, 4) is 0 Å². The van der Waals surface area contributed by atoms with Crippen LogP contribution in [0, 0.1) is 0 Å². The van der Waals surface area contributed by atoms with Gasteiger partial charge < -0.3 is 23.9 Å². The third kappa shape index (κ3) is 40.0. The van der Waals surface area contributed by atoms with Crippen LogP contribution < -0.4 is 0 Å². The van der Waals surface area contributed by atoms with Gasteiger partial charge in [-0.3, -0.25) is 4.79 Å². The molecule has 348 valence electrons. The van der Waals surface area contributed by atoms with Gasteiger partial charge in [-0.05, 0) is 109 Å². The van der Waals surface area contributed by atoms with Crippen LogP contribution in [0.2, 0.25) is 19.1 Å². The molecule has 0 aromatic rings. The molecule has 0 bridgehead atoms. The van der Waals surface area contributed by atoms with Crippen LogP contribution in [-0.4, -0.2) is 81.0 Å². The van der Waals surface area contributed by atoms with E-state index in [4.69, 9.17) is 13.9 Å². The van der Waals surface area contributed by atoms with Gasteiger partial charge in [-0.2, -0.15) is 0 Å². The molecule has 0 heterocycles. The van der Waals surface area contributed by atoms with E-state index >= 15 is 0 Å². The number of carbonyl (C=O) groups is 1.